The van der Waals surface area contributed by atoms with E-state index in [0.717, 1.165) is 31.1 Å². The monoisotopic (exact) mass is 321 g/mol. The van der Waals surface area contributed by atoms with E-state index in [1.807, 2.05) is 31.2 Å². The molecule has 1 aromatic carbocycles. The lowest BCUT2D eigenvalue weighted by Gasteiger charge is -2.33. The van der Waals surface area contributed by atoms with Gasteiger partial charge in [0, 0.05) is 25.7 Å². The van der Waals surface area contributed by atoms with Gasteiger partial charge in [0.05, 0.1) is 19.7 Å². The van der Waals surface area contributed by atoms with Crippen molar-refractivity contribution >= 4 is 5.91 Å². The summed E-state index contributed by atoms with van der Waals surface area (Å²) in [4.78, 5) is 14.1. The Morgan fingerprint density at radius 1 is 1.30 bits per heavy atom. The van der Waals surface area contributed by atoms with E-state index in [9.17, 15) is 4.79 Å². The van der Waals surface area contributed by atoms with Crippen molar-refractivity contribution < 1.29 is 14.3 Å². The smallest absolute Gasteiger partial charge is 0.234 e. The van der Waals surface area contributed by atoms with E-state index in [1.165, 1.54) is 0 Å². The second kappa shape index (κ2) is 9.37. The predicted molar refractivity (Wildman–Crippen MR) is 90.0 cm³/mol. The van der Waals surface area contributed by atoms with Crippen LogP contribution in [0.5, 0.6) is 11.5 Å². The molecule has 1 aliphatic heterocycles. The van der Waals surface area contributed by atoms with Crippen molar-refractivity contribution in [2.45, 2.75) is 19.9 Å². The molecule has 6 heteroatoms. The summed E-state index contributed by atoms with van der Waals surface area (Å²) in [6.45, 7) is 8.94. The Morgan fingerprint density at radius 2 is 2.00 bits per heavy atom. The van der Waals surface area contributed by atoms with Crippen LogP contribution in [0.4, 0.5) is 0 Å². The Labute approximate surface area is 138 Å². The number of carbonyl (C=O) groups is 1. The molecule has 0 saturated carbocycles. The van der Waals surface area contributed by atoms with Crippen LogP contribution in [0.25, 0.3) is 0 Å². The first-order chi connectivity index (χ1) is 11.2. The predicted octanol–water partition coefficient (Wildman–Crippen LogP) is 0.874. The molecule has 23 heavy (non-hydrogen) atoms. The standard InChI is InChI=1S/C17H27N3O3/c1-3-22-15-4-6-16(7-5-15)23-11-9-19-17(21)13-20-10-8-18-12-14(20)2/h4-7,14,18H,3,8-13H2,1-2H3,(H,19,21)/t14-/m0/s1. The summed E-state index contributed by atoms with van der Waals surface area (Å²) in [6.07, 6.45) is 0. The quantitative estimate of drug-likeness (QED) is 0.696. The van der Waals surface area contributed by atoms with Crippen molar-refractivity contribution in [2.24, 2.45) is 0 Å². The Hall–Kier alpha value is -1.79. The second-order valence-corrected chi connectivity index (χ2v) is 5.63. The summed E-state index contributed by atoms with van der Waals surface area (Å²) in [6, 6.07) is 7.89. The number of hydrogen-bond acceptors (Lipinski definition) is 5. The molecule has 0 unspecified atom stereocenters. The summed E-state index contributed by atoms with van der Waals surface area (Å²) in [5, 5.41) is 6.22. The van der Waals surface area contributed by atoms with E-state index in [1.54, 1.807) is 0 Å². The zero-order valence-corrected chi connectivity index (χ0v) is 14.0. The highest BCUT2D eigenvalue weighted by Gasteiger charge is 2.19. The van der Waals surface area contributed by atoms with Crippen molar-refractivity contribution in [1.82, 2.24) is 15.5 Å². The fraction of sp³-hybridized carbons (Fsp3) is 0.588. The third-order valence-corrected chi connectivity index (χ3v) is 3.81. The van der Waals surface area contributed by atoms with Gasteiger partial charge < -0.3 is 20.1 Å². The SMILES string of the molecule is CCOc1ccc(OCCNC(=O)CN2CCNC[C@@H]2C)cc1. The highest BCUT2D eigenvalue weighted by atomic mass is 16.5. The first kappa shape index (κ1) is 17.6. The average molecular weight is 321 g/mol. The van der Waals surface area contributed by atoms with Crippen molar-refractivity contribution in [3.63, 3.8) is 0 Å². The van der Waals surface area contributed by atoms with Crippen LogP contribution in [0.2, 0.25) is 0 Å². The van der Waals surface area contributed by atoms with Crippen molar-refractivity contribution in [3.8, 4) is 11.5 Å². The van der Waals surface area contributed by atoms with Gasteiger partial charge in [0.25, 0.3) is 0 Å². The number of piperazine rings is 1. The third-order valence-electron chi connectivity index (χ3n) is 3.81. The number of carbonyl (C=O) groups excluding carboxylic acids is 1. The first-order valence-electron chi connectivity index (χ1n) is 8.26. The Balaban J connectivity index is 1.61. The van der Waals surface area contributed by atoms with Gasteiger partial charge in [-0.3, -0.25) is 9.69 Å². The van der Waals surface area contributed by atoms with Gasteiger partial charge in [-0.1, -0.05) is 0 Å². The van der Waals surface area contributed by atoms with E-state index in [0.29, 0.717) is 32.3 Å². The van der Waals surface area contributed by atoms with Crippen LogP contribution in [0, 0.1) is 0 Å². The van der Waals surface area contributed by atoms with E-state index >= 15 is 0 Å². The fourth-order valence-corrected chi connectivity index (χ4v) is 2.52. The highest BCUT2D eigenvalue weighted by molar-refractivity contribution is 5.78. The summed E-state index contributed by atoms with van der Waals surface area (Å²) in [5.41, 5.74) is 0. The summed E-state index contributed by atoms with van der Waals surface area (Å²) < 4.78 is 11.0. The molecule has 6 nitrogen and oxygen atoms in total. The van der Waals surface area contributed by atoms with Gasteiger partial charge in [0.15, 0.2) is 0 Å². The van der Waals surface area contributed by atoms with Crippen LogP contribution in [0.3, 0.4) is 0 Å². The molecular weight excluding hydrogens is 294 g/mol. The van der Waals surface area contributed by atoms with Gasteiger partial charge in [-0.25, -0.2) is 0 Å². The lowest BCUT2D eigenvalue weighted by molar-refractivity contribution is -0.123. The van der Waals surface area contributed by atoms with Gasteiger partial charge in [-0.15, -0.1) is 0 Å². The van der Waals surface area contributed by atoms with Crippen LogP contribution in [-0.2, 0) is 4.79 Å². The van der Waals surface area contributed by atoms with Crippen molar-refractivity contribution in [3.05, 3.63) is 24.3 Å². The van der Waals surface area contributed by atoms with Gasteiger partial charge in [-0.2, -0.15) is 0 Å². The molecule has 1 heterocycles. The van der Waals surface area contributed by atoms with Crippen LogP contribution in [0.1, 0.15) is 13.8 Å². The fourth-order valence-electron chi connectivity index (χ4n) is 2.52. The summed E-state index contributed by atoms with van der Waals surface area (Å²) in [5.74, 6) is 1.66. The number of nitrogens with one attached hydrogen (secondary N) is 2. The molecule has 1 fully saturated rings. The minimum absolute atomic E-state index is 0.0500. The first-order valence-corrected chi connectivity index (χ1v) is 8.26. The molecule has 1 aromatic rings. The van der Waals surface area contributed by atoms with Crippen LogP contribution in [-0.4, -0.2) is 62.8 Å². The molecule has 0 bridgehead atoms. The Morgan fingerprint density at radius 3 is 2.65 bits per heavy atom. The van der Waals surface area contributed by atoms with Crippen LogP contribution >= 0.6 is 0 Å². The number of benzene rings is 1. The lowest BCUT2D eigenvalue weighted by Crippen LogP contribution is -2.52. The Kier molecular flexibility index (Phi) is 7.16. The molecule has 1 atom stereocenters. The third kappa shape index (κ3) is 6.08. The zero-order chi connectivity index (χ0) is 16.5. The minimum Gasteiger partial charge on any atom is -0.494 e. The maximum atomic E-state index is 11.9. The molecule has 0 spiro atoms. The normalized spacial score (nSPS) is 18.4. The molecule has 1 amide bonds. The molecule has 128 valence electrons. The zero-order valence-electron chi connectivity index (χ0n) is 14.0. The number of amides is 1. The molecular formula is C17H27N3O3. The van der Waals surface area contributed by atoms with Gasteiger partial charge >= 0.3 is 0 Å². The largest absolute Gasteiger partial charge is 0.494 e. The number of hydrogen-bond donors (Lipinski definition) is 2. The van der Waals surface area contributed by atoms with Crippen LogP contribution in [0.15, 0.2) is 24.3 Å². The van der Waals surface area contributed by atoms with E-state index in [2.05, 4.69) is 22.5 Å². The summed E-state index contributed by atoms with van der Waals surface area (Å²) >= 11 is 0. The number of ether oxygens (including phenoxy) is 2. The number of rotatable bonds is 8. The summed E-state index contributed by atoms with van der Waals surface area (Å²) in [7, 11) is 0. The highest BCUT2D eigenvalue weighted by Crippen LogP contribution is 2.17. The van der Waals surface area contributed by atoms with E-state index in [-0.39, 0.29) is 5.91 Å². The minimum atomic E-state index is 0.0500. The van der Waals surface area contributed by atoms with E-state index < -0.39 is 0 Å². The van der Waals surface area contributed by atoms with Gasteiger partial charge in [-0.05, 0) is 38.1 Å². The lowest BCUT2D eigenvalue weighted by atomic mass is 10.2. The van der Waals surface area contributed by atoms with Crippen LogP contribution < -0.4 is 20.1 Å². The Bertz CT molecular complexity index is 478. The maximum Gasteiger partial charge on any atom is 0.234 e. The number of nitrogens with zero attached hydrogens (tertiary/aromatic N) is 1. The second-order valence-electron chi connectivity index (χ2n) is 5.63. The molecule has 0 aromatic heterocycles. The van der Waals surface area contributed by atoms with E-state index in [4.69, 9.17) is 9.47 Å². The maximum absolute atomic E-state index is 11.9. The molecule has 0 aliphatic carbocycles. The van der Waals surface area contributed by atoms with Crippen molar-refractivity contribution in [1.29, 1.82) is 0 Å². The van der Waals surface area contributed by atoms with Gasteiger partial charge in [0.2, 0.25) is 5.91 Å². The topological polar surface area (TPSA) is 62.8 Å². The molecule has 0 radical (unpaired) electrons. The molecule has 1 aliphatic rings. The average Bonchev–Trinajstić information content (AvgIpc) is 2.55. The van der Waals surface area contributed by atoms with Crippen molar-refractivity contribution in [2.75, 3.05) is 45.9 Å². The van der Waals surface area contributed by atoms with Gasteiger partial charge in [0.1, 0.15) is 18.1 Å². The molecule has 2 rings (SSSR count). The molecule has 2 N–H and O–H groups in total. The molecule has 1 saturated heterocycles.